The van der Waals surface area contributed by atoms with Crippen LogP contribution in [-0.2, 0) is 4.74 Å². The molecule has 0 bridgehead atoms. The van der Waals surface area contributed by atoms with Gasteiger partial charge in [-0.15, -0.1) is 0 Å². The summed E-state index contributed by atoms with van der Waals surface area (Å²) in [5.74, 6) is -0.807. The van der Waals surface area contributed by atoms with Gasteiger partial charge < -0.3 is 9.64 Å². The van der Waals surface area contributed by atoms with Crippen molar-refractivity contribution < 1.29 is 31.1 Å². The fraction of sp³-hybridized carbons (Fsp3) is 0.385. The minimum Gasteiger partial charge on any atom is -0.406 e. The van der Waals surface area contributed by atoms with E-state index in [2.05, 4.69) is 9.98 Å². The number of amidine groups is 1. The second kappa shape index (κ2) is 5.43. The minimum absolute atomic E-state index is 0.0281. The molecule has 0 saturated heterocycles. The lowest BCUT2D eigenvalue weighted by atomic mass is 10.1. The standard InChI is InChI=1S/C13H11F6N3O/c1-22(2)10-21-11(12(14,15)16,13(17,18)19)20-9(23-10)8-6-4-3-5-7-8/h3-7H,1-2H3. The number of hydrogen-bond acceptors (Lipinski definition) is 4. The number of nitrogens with zero attached hydrogens (tertiary/aromatic N) is 3. The number of benzene rings is 1. The molecule has 23 heavy (non-hydrogen) atoms. The lowest BCUT2D eigenvalue weighted by Crippen LogP contribution is -2.57. The predicted molar refractivity (Wildman–Crippen MR) is 70.0 cm³/mol. The van der Waals surface area contributed by atoms with Crippen LogP contribution in [0.1, 0.15) is 5.56 Å². The van der Waals surface area contributed by atoms with Gasteiger partial charge in [-0.05, 0) is 12.1 Å². The summed E-state index contributed by atoms with van der Waals surface area (Å²) in [6.07, 6.45) is -11.6. The summed E-state index contributed by atoms with van der Waals surface area (Å²) in [6.45, 7) is 0. The fourth-order valence-electron chi connectivity index (χ4n) is 1.75. The van der Waals surface area contributed by atoms with Gasteiger partial charge in [-0.3, -0.25) is 0 Å². The number of rotatable bonds is 1. The van der Waals surface area contributed by atoms with Crippen LogP contribution in [0.4, 0.5) is 26.3 Å². The van der Waals surface area contributed by atoms with Crippen molar-refractivity contribution in [3.63, 3.8) is 0 Å². The third kappa shape index (κ3) is 2.97. The predicted octanol–water partition coefficient (Wildman–Crippen LogP) is 3.20. The third-order valence-corrected chi connectivity index (χ3v) is 2.90. The van der Waals surface area contributed by atoms with Crippen molar-refractivity contribution in [1.82, 2.24) is 4.90 Å². The van der Waals surface area contributed by atoms with Gasteiger partial charge in [0.2, 0.25) is 5.90 Å². The lowest BCUT2D eigenvalue weighted by Gasteiger charge is -2.34. The number of halogens is 6. The van der Waals surface area contributed by atoms with Gasteiger partial charge in [-0.25, -0.2) is 4.99 Å². The molecule has 126 valence electrons. The van der Waals surface area contributed by atoms with Crippen molar-refractivity contribution in [2.45, 2.75) is 18.0 Å². The van der Waals surface area contributed by atoms with Gasteiger partial charge in [0, 0.05) is 19.7 Å². The molecule has 0 radical (unpaired) electrons. The maximum absolute atomic E-state index is 13.2. The SMILES string of the molecule is CN(C)C1=NC(C(F)(F)F)(C(F)(F)F)N=C(c2ccccc2)O1. The summed E-state index contributed by atoms with van der Waals surface area (Å²) < 4.78 is 84.3. The molecule has 4 nitrogen and oxygen atoms in total. The molecular formula is C13H11F6N3O. The Kier molecular flexibility index (Phi) is 4.03. The van der Waals surface area contributed by atoms with Crippen molar-refractivity contribution in [1.29, 1.82) is 0 Å². The smallest absolute Gasteiger partial charge is 0.406 e. The molecule has 1 aromatic carbocycles. The first kappa shape index (κ1) is 17.1. The van der Waals surface area contributed by atoms with Gasteiger partial charge >= 0.3 is 18.0 Å². The van der Waals surface area contributed by atoms with Crippen LogP contribution in [0.3, 0.4) is 0 Å². The molecule has 0 aliphatic carbocycles. The van der Waals surface area contributed by atoms with Crippen LogP contribution in [0, 0.1) is 0 Å². The molecule has 1 heterocycles. The van der Waals surface area contributed by atoms with Gasteiger partial charge in [0.05, 0.1) is 0 Å². The monoisotopic (exact) mass is 339 g/mol. The Morgan fingerprint density at radius 2 is 1.43 bits per heavy atom. The Labute approximate surface area is 127 Å². The molecule has 0 saturated carbocycles. The second-order valence-electron chi connectivity index (χ2n) is 4.84. The normalized spacial score (nSPS) is 17.9. The topological polar surface area (TPSA) is 37.2 Å². The molecule has 0 fully saturated rings. The Morgan fingerprint density at radius 3 is 1.87 bits per heavy atom. The molecular weight excluding hydrogens is 328 g/mol. The zero-order chi connectivity index (χ0) is 17.5. The van der Waals surface area contributed by atoms with E-state index in [1.165, 1.54) is 38.4 Å². The van der Waals surface area contributed by atoms with Crippen molar-refractivity contribution in [3.05, 3.63) is 35.9 Å². The van der Waals surface area contributed by atoms with E-state index in [0.29, 0.717) is 0 Å². The number of alkyl halides is 6. The molecule has 2 rings (SSSR count). The van der Waals surface area contributed by atoms with Crippen molar-refractivity contribution in [2.24, 2.45) is 9.98 Å². The van der Waals surface area contributed by atoms with Gasteiger partial charge in [0.15, 0.2) is 0 Å². The zero-order valence-electron chi connectivity index (χ0n) is 11.9. The van der Waals surface area contributed by atoms with E-state index in [4.69, 9.17) is 4.74 Å². The number of hydrogen-bond donors (Lipinski definition) is 0. The Balaban J connectivity index is 2.70. The molecule has 0 amide bonds. The van der Waals surface area contributed by atoms with Crippen LogP contribution in [0.5, 0.6) is 0 Å². The van der Waals surface area contributed by atoms with Crippen LogP contribution < -0.4 is 0 Å². The molecule has 1 aliphatic heterocycles. The summed E-state index contributed by atoms with van der Waals surface area (Å²) in [5, 5.41) is 0. The van der Waals surface area contributed by atoms with Crippen molar-refractivity contribution in [3.8, 4) is 0 Å². The van der Waals surface area contributed by atoms with E-state index < -0.39 is 29.9 Å². The Bertz CT molecular complexity index is 619. The first-order valence-electron chi connectivity index (χ1n) is 6.22. The molecule has 10 heteroatoms. The highest BCUT2D eigenvalue weighted by atomic mass is 19.4. The van der Waals surface area contributed by atoms with Gasteiger partial charge in [-0.1, -0.05) is 18.2 Å². The van der Waals surface area contributed by atoms with Crippen LogP contribution >= 0.6 is 0 Å². The van der Waals surface area contributed by atoms with Gasteiger partial charge in [0.1, 0.15) is 0 Å². The fourth-order valence-corrected chi connectivity index (χ4v) is 1.75. The maximum atomic E-state index is 13.2. The Hall–Kier alpha value is -2.26. The van der Waals surface area contributed by atoms with Crippen LogP contribution in [-0.4, -0.2) is 48.9 Å². The first-order chi connectivity index (χ1) is 10.5. The van der Waals surface area contributed by atoms with Gasteiger partial charge in [-0.2, -0.15) is 31.3 Å². The van der Waals surface area contributed by atoms with Gasteiger partial charge in [0.25, 0.3) is 6.02 Å². The third-order valence-electron chi connectivity index (χ3n) is 2.90. The minimum atomic E-state index is -5.78. The summed E-state index contributed by atoms with van der Waals surface area (Å²) in [6, 6.07) is 6.16. The largest absolute Gasteiger partial charge is 0.443 e. The van der Waals surface area contributed by atoms with Crippen LogP contribution in [0.2, 0.25) is 0 Å². The summed E-state index contributed by atoms with van der Waals surface area (Å²) in [7, 11) is 2.43. The molecule has 0 unspecified atom stereocenters. The van der Waals surface area contributed by atoms with Crippen molar-refractivity contribution >= 4 is 11.9 Å². The van der Waals surface area contributed by atoms with Crippen LogP contribution in [0.25, 0.3) is 0 Å². The van der Waals surface area contributed by atoms with E-state index in [0.717, 1.165) is 4.90 Å². The number of ether oxygens (including phenoxy) is 1. The van der Waals surface area contributed by atoms with Crippen LogP contribution in [0.15, 0.2) is 40.3 Å². The van der Waals surface area contributed by atoms with E-state index in [9.17, 15) is 26.3 Å². The van der Waals surface area contributed by atoms with E-state index in [1.54, 1.807) is 6.07 Å². The molecule has 0 atom stereocenters. The average molecular weight is 339 g/mol. The second-order valence-corrected chi connectivity index (χ2v) is 4.84. The van der Waals surface area contributed by atoms with E-state index in [-0.39, 0.29) is 5.56 Å². The zero-order valence-corrected chi connectivity index (χ0v) is 11.9. The summed E-state index contributed by atoms with van der Waals surface area (Å²) in [5.41, 5.74) is -4.64. The average Bonchev–Trinajstić information content (AvgIpc) is 2.45. The summed E-state index contributed by atoms with van der Waals surface area (Å²) in [4.78, 5) is 6.41. The van der Waals surface area contributed by atoms with E-state index >= 15 is 0 Å². The van der Waals surface area contributed by atoms with Crippen molar-refractivity contribution in [2.75, 3.05) is 14.1 Å². The van der Waals surface area contributed by atoms with E-state index in [1.807, 2.05) is 0 Å². The Morgan fingerprint density at radius 1 is 0.913 bits per heavy atom. The molecule has 0 spiro atoms. The maximum Gasteiger partial charge on any atom is 0.443 e. The highest BCUT2D eigenvalue weighted by molar-refractivity contribution is 6.02. The lowest BCUT2D eigenvalue weighted by molar-refractivity contribution is -0.293. The quantitative estimate of drug-likeness (QED) is 0.737. The molecule has 0 N–H and O–H groups in total. The number of aliphatic imine (C=N–C) groups is 2. The summed E-state index contributed by atoms with van der Waals surface area (Å²) >= 11 is 0. The molecule has 1 aliphatic rings. The highest BCUT2D eigenvalue weighted by Gasteiger charge is 2.74. The molecule has 1 aromatic rings. The highest BCUT2D eigenvalue weighted by Crippen LogP contribution is 2.48. The first-order valence-corrected chi connectivity index (χ1v) is 6.22. The molecule has 0 aromatic heterocycles.